The van der Waals surface area contributed by atoms with Crippen LogP contribution in [0.3, 0.4) is 0 Å². The average Bonchev–Trinajstić information content (AvgIpc) is 2.79. The highest BCUT2D eigenvalue weighted by Crippen LogP contribution is 2.18. The van der Waals surface area contributed by atoms with Gasteiger partial charge >= 0.3 is 0 Å². The molecule has 0 spiro atoms. The molecule has 1 aromatic carbocycles. The third-order valence-corrected chi connectivity index (χ3v) is 3.37. The molecule has 1 aromatic heterocycles. The van der Waals surface area contributed by atoms with Crippen LogP contribution in [0.2, 0.25) is 0 Å². The first-order valence-corrected chi connectivity index (χ1v) is 7.13. The van der Waals surface area contributed by atoms with E-state index in [2.05, 4.69) is 60.8 Å². The monoisotopic (exact) mass is 256 g/mol. The molecule has 0 fully saturated rings. The van der Waals surface area contributed by atoms with E-state index in [1.807, 2.05) is 0 Å². The fraction of sp³-hybridized carbons (Fsp3) is 0.412. The van der Waals surface area contributed by atoms with Crippen molar-refractivity contribution >= 4 is 10.9 Å². The largest absolute Gasteiger partial charge is 0.347 e. The van der Waals surface area contributed by atoms with Gasteiger partial charge in [-0.1, -0.05) is 18.6 Å². The highest BCUT2D eigenvalue weighted by molar-refractivity contribution is 5.80. The summed E-state index contributed by atoms with van der Waals surface area (Å²) in [5.74, 6) is 0. The van der Waals surface area contributed by atoms with Gasteiger partial charge in [0.25, 0.3) is 0 Å². The van der Waals surface area contributed by atoms with Crippen molar-refractivity contribution in [3.8, 4) is 0 Å². The van der Waals surface area contributed by atoms with Crippen LogP contribution in [0.5, 0.6) is 0 Å². The zero-order valence-corrected chi connectivity index (χ0v) is 12.1. The zero-order valence-electron chi connectivity index (χ0n) is 12.1. The molecule has 0 aliphatic rings. The number of nitrogens with zero attached hydrogens (tertiary/aromatic N) is 1. The molecule has 2 heteroatoms. The summed E-state index contributed by atoms with van der Waals surface area (Å²) in [6.45, 7) is 11.3. The predicted molar refractivity (Wildman–Crippen MR) is 83.4 cm³/mol. The molecular weight excluding hydrogens is 232 g/mol. The van der Waals surface area contributed by atoms with Gasteiger partial charge in [-0.15, -0.1) is 6.58 Å². The molecule has 102 valence electrons. The summed E-state index contributed by atoms with van der Waals surface area (Å²) in [5.41, 5.74) is 3.92. The minimum Gasteiger partial charge on any atom is -0.347 e. The molecule has 0 amide bonds. The van der Waals surface area contributed by atoms with Crippen molar-refractivity contribution in [3.05, 3.63) is 48.2 Å². The lowest BCUT2D eigenvalue weighted by Gasteiger charge is -2.07. The number of aryl methyl sites for hydroxylation is 1. The summed E-state index contributed by atoms with van der Waals surface area (Å²) >= 11 is 0. The molecule has 0 atom stereocenters. The van der Waals surface area contributed by atoms with E-state index in [0.29, 0.717) is 0 Å². The number of rotatable bonds is 7. The molecule has 0 saturated heterocycles. The normalized spacial score (nSPS) is 11.1. The number of benzene rings is 1. The van der Waals surface area contributed by atoms with Gasteiger partial charge in [0, 0.05) is 24.8 Å². The van der Waals surface area contributed by atoms with Crippen molar-refractivity contribution in [3.63, 3.8) is 0 Å². The fourth-order valence-electron chi connectivity index (χ4n) is 2.28. The topological polar surface area (TPSA) is 17.0 Å². The Morgan fingerprint density at radius 3 is 2.89 bits per heavy atom. The molecule has 0 aliphatic heterocycles. The zero-order chi connectivity index (χ0) is 13.7. The van der Waals surface area contributed by atoms with Gasteiger partial charge in [-0.3, -0.25) is 0 Å². The third-order valence-electron chi connectivity index (χ3n) is 3.37. The lowest BCUT2D eigenvalue weighted by Crippen LogP contribution is -2.13. The molecule has 0 bridgehead atoms. The molecule has 2 rings (SSSR count). The molecule has 0 aliphatic carbocycles. The van der Waals surface area contributed by atoms with Crippen LogP contribution in [0, 0.1) is 0 Å². The molecular formula is C17H24N2. The maximum absolute atomic E-state index is 3.97. The Hall–Kier alpha value is -1.54. The Bertz CT molecular complexity index is 551. The maximum atomic E-state index is 3.97. The second kappa shape index (κ2) is 6.58. The van der Waals surface area contributed by atoms with Gasteiger partial charge in [0.2, 0.25) is 0 Å². The van der Waals surface area contributed by atoms with Crippen LogP contribution in [0.15, 0.2) is 42.6 Å². The minimum absolute atomic E-state index is 0.959. The molecule has 0 unspecified atom stereocenters. The molecule has 19 heavy (non-hydrogen) atoms. The molecule has 0 radical (unpaired) electrons. The van der Waals surface area contributed by atoms with Crippen molar-refractivity contribution in [2.75, 3.05) is 6.54 Å². The Labute approximate surface area is 116 Å². The Morgan fingerprint density at radius 1 is 1.32 bits per heavy atom. The number of aromatic nitrogens is 1. The minimum atomic E-state index is 0.959. The van der Waals surface area contributed by atoms with Gasteiger partial charge < -0.3 is 9.88 Å². The van der Waals surface area contributed by atoms with Crippen molar-refractivity contribution in [1.82, 2.24) is 9.88 Å². The Balaban J connectivity index is 2.10. The quantitative estimate of drug-likeness (QED) is 0.583. The number of allylic oxidation sites excluding steroid dienone is 1. The van der Waals surface area contributed by atoms with Crippen LogP contribution < -0.4 is 5.32 Å². The summed E-state index contributed by atoms with van der Waals surface area (Å²) in [6, 6.07) is 8.95. The number of hydrogen-bond acceptors (Lipinski definition) is 1. The average molecular weight is 256 g/mol. The van der Waals surface area contributed by atoms with E-state index in [1.165, 1.54) is 28.5 Å². The third kappa shape index (κ3) is 3.71. The van der Waals surface area contributed by atoms with Gasteiger partial charge in [0.15, 0.2) is 0 Å². The maximum Gasteiger partial charge on any atom is 0.0480 e. The molecule has 1 heterocycles. The lowest BCUT2D eigenvalue weighted by atomic mass is 10.1. The van der Waals surface area contributed by atoms with Crippen LogP contribution in [0.4, 0.5) is 0 Å². The summed E-state index contributed by atoms with van der Waals surface area (Å²) in [6.07, 6.45) is 4.40. The smallest absolute Gasteiger partial charge is 0.0480 e. The van der Waals surface area contributed by atoms with Gasteiger partial charge in [0.05, 0.1) is 0 Å². The fourth-order valence-corrected chi connectivity index (χ4v) is 2.28. The van der Waals surface area contributed by atoms with Gasteiger partial charge in [0.1, 0.15) is 0 Å². The second-order valence-corrected chi connectivity index (χ2v) is 5.29. The number of fused-ring (bicyclic) bond motifs is 1. The van der Waals surface area contributed by atoms with Gasteiger partial charge in [-0.2, -0.15) is 0 Å². The highest BCUT2D eigenvalue weighted by atomic mass is 14.9. The highest BCUT2D eigenvalue weighted by Gasteiger charge is 2.02. The summed E-state index contributed by atoms with van der Waals surface area (Å²) in [7, 11) is 0. The molecule has 2 nitrogen and oxygen atoms in total. The Morgan fingerprint density at radius 2 is 2.16 bits per heavy atom. The molecule has 2 aromatic rings. The first-order chi connectivity index (χ1) is 9.20. The first-order valence-electron chi connectivity index (χ1n) is 7.13. The number of hydrogen-bond donors (Lipinski definition) is 1. The lowest BCUT2D eigenvalue weighted by molar-refractivity contribution is 0.676. The standard InChI is InChI=1S/C17H24N2/c1-4-9-18-13-15-5-6-17-16(12-15)8-11-19(17)10-7-14(2)3/h5-6,8,11-12,18H,2,4,7,9-10,13H2,1,3H3. The van der Waals surface area contributed by atoms with E-state index in [1.54, 1.807) is 0 Å². The Kier molecular flexibility index (Phi) is 4.80. The van der Waals surface area contributed by atoms with Crippen LogP contribution in [-0.2, 0) is 13.1 Å². The second-order valence-electron chi connectivity index (χ2n) is 5.29. The summed E-state index contributed by atoms with van der Waals surface area (Å²) < 4.78 is 2.31. The van der Waals surface area contributed by atoms with Crippen molar-refractivity contribution < 1.29 is 0 Å². The van der Waals surface area contributed by atoms with Crippen molar-refractivity contribution in [2.24, 2.45) is 0 Å². The van der Waals surface area contributed by atoms with E-state index in [9.17, 15) is 0 Å². The van der Waals surface area contributed by atoms with Crippen molar-refractivity contribution in [1.29, 1.82) is 0 Å². The van der Waals surface area contributed by atoms with E-state index < -0.39 is 0 Å². The van der Waals surface area contributed by atoms with Crippen LogP contribution >= 0.6 is 0 Å². The van der Waals surface area contributed by atoms with Gasteiger partial charge in [-0.05, 0) is 55.5 Å². The summed E-state index contributed by atoms with van der Waals surface area (Å²) in [5, 5.41) is 4.78. The SMILES string of the molecule is C=C(C)CCn1ccc2cc(CNCCC)ccc21. The van der Waals surface area contributed by atoms with E-state index in [0.717, 1.165) is 26.1 Å². The molecule has 1 N–H and O–H groups in total. The predicted octanol–water partition coefficient (Wildman–Crippen LogP) is 4.11. The van der Waals surface area contributed by atoms with Crippen molar-refractivity contribution in [2.45, 2.75) is 39.8 Å². The molecule has 0 saturated carbocycles. The van der Waals surface area contributed by atoms with E-state index >= 15 is 0 Å². The first kappa shape index (κ1) is 13.9. The van der Waals surface area contributed by atoms with Crippen LogP contribution in [0.1, 0.15) is 32.3 Å². The van der Waals surface area contributed by atoms with Crippen LogP contribution in [-0.4, -0.2) is 11.1 Å². The van der Waals surface area contributed by atoms with E-state index in [4.69, 9.17) is 0 Å². The number of nitrogens with one attached hydrogen (secondary N) is 1. The van der Waals surface area contributed by atoms with Crippen LogP contribution in [0.25, 0.3) is 10.9 Å². The van der Waals surface area contributed by atoms with E-state index in [-0.39, 0.29) is 0 Å². The summed E-state index contributed by atoms with van der Waals surface area (Å²) in [4.78, 5) is 0. The van der Waals surface area contributed by atoms with Gasteiger partial charge in [-0.25, -0.2) is 0 Å².